The average molecular weight is 447 g/mol. The van der Waals surface area contributed by atoms with Crippen LogP contribution in [0.2, 0.25) is 0 Å². The highest BCUT2D eigenvalue weighted by Gasteiger charge is 2.61. The van der Waals surface area contributed by atoms with Crippen molar-refractivity contribution in [2.75, 3.05) is 0 Å². The van der Waals surface area contributed by atoms with Crippen LogP contribution in [0.3, 0.4) is 0 Å². The molecule has 4 rings (SSSR count). The number of aliphatic hydroxyl groups is 3. The minimum absolute atomic E-state index is 0.0246. The van der Waals surface area contributed by atoms with Crippen molar-refractivity contribution in [3.63, 3.8) is 0 Å². The van der Waals surface area contributed by atoms with E-state index >= 15 is 0 Å². The Balaban J connectivity index is 1.57. The van der Waals surface area contributed by atoms with Crippen molar-refractivity contribution >= 4 is 5.78 Å². The number of carbonyl (C=O) groups is 1. The second-order valence-electron chi connectivity index (χ2n) is 13.1. The number of ketones is 1. The van der Waals surface area contributed by atoms with Crippen LogP contribution in [0.1, 0.15) is 92.9 Å². The van der Waals surface area contributed by atoms with Crippen molar-refractivity contribution in [2.45, 2.75) is 111 Å². The van der Waals surface area contributed by atoms with Gasteiger partial charge in [0.2, 0.25) is 0 Å². The van der Waals surface area contributed by atoms with Gasteiger partial charge >= 0.3 is 0 Å². The molecule has 3 N–H and O–H groups in total. The fraction of sp³-hybridized carbons (Fsp3) is 0.893. The van der Waals surface area contributed by atoms with Gasteiger partial charge in [-0.3, -0.25) is 4.79 Å². The Morgan fingerprint density at radius 1 is 1.00 bits per heavy atom. The molecule has 0 aromatic heterocycles. The first kappa shape index (κ1) is 24.4. The lowest BCUT2D eigenvalue weighted by molar-refractivity contribution is -0.132. The Morgan fingerprint density at radius 2 is 1.66 bits per heavy atom. The van der Waals surface area contributed by atoms with Crippen LogP contribution in [0.4, 0.5) is 0 Å². The predicted molar refractivity (Wildman–Crippen MR) is 127 cm³/mol. The molecule has 0 aromatic rings. The molecule has 0 bridgehead atoms. The number of allylic oxidation sites excluding steroid dienone is 2. The van der Waals surface area contributed by atoms with E-state index in [1.165, 1.54) is 5.57 Å². The van der Waals surface area contributed by atoms with Crippen LogP contribution in [0.5, 0.6) is 0 Å². The van der Waals surface area contributed by atoms with Gasteiger partial charge in [0.05, 0.1) is 17.8 Å². The summed E-state index contributed by atoms with van der Waals surface area (Å²) in [6.45, 7) is 12.8. The lowest BCUT2D eigenvalue weighted by Gasteiger charge is -2.57. The minimum atomic E-state index is -0.675. The van der Waals surface area contributed by atoms with Crippen LogP contribution >= 0.6 is 0 Å². The van der Waals surface area contributed by atoms with Crippen molar-refractivity contribution in [3.8, 4) is 0 Å². The molecular weight excluding hydrogens is 400 g/mol. The second kappa shape index (κ2) is 8.20. The Morgan fingerprint density at radius 3 is 2.31 bits per heavy atom. The summed E-state index contributed by atoms with van der Waals surface area (Å²) in [5.41, 5.74) is 0.623. The second-order valence-corrected chi connectivity index (χ2v) is 13.1. The Kier molecular flexibility index (Phi) is 6.26. The summed E-state index contributed by atoms with van der Waals surface area (Å²) in [4.78, 5) is 13.2. The number of carbonyl (C=O) groups excluding carboxylic acids is 1. The SMILES string of the molecule is C[C@H](CC[C@H](C)C(C)(C)O)[C@H]1[C@@H](O)C[C@H]2C3=CC(=O)[C@@H]4C[C@H](O)CC[C@]4(C)[C@H]3CC[C@]12C. The number of rotatable bonds is 5. The van der Waals surface area contributed by atoms with E-state index in [4.69, 9.17) is 0 Å². The van der Waals surface area contributed by atoms with Gasteiger partial charge in [0.25, 0.3) is 0 Å². The standard InChI is InChI=1S/C28H46O4/c1-16(7-8-17(2)26(3,4)32)25-24(31)15-21-19-14-23(30)22-13-18(29)9-11-27(22,5)20(19)10-12-28(21,25)6/h14,16-18,20-22,24-25,29,31-32H,7-13,15H2,1-6H3/t16-,17+,18-,20+,21+,22+,24+,25+,27-,28+/m1/s1. The zero-order valence-corrected chi connectivity index (χ0v) is 21.1. The smallest absolute Gasteiger partial charge is 0.159 e. The van der Waals surface area contributed by atoms with E-state index < -0.39 is 5.60 Å². The highest BCUT2D eigenvalue weighted by molar-refractivity contribution is 5.94. The molecule has 182 valence electrons. The van der Waals surface area contributed by atoms with Crippen LogP contribution in [0, 0.1) is 46.3 Å². The Bertz CT molecular complexity index is 766. The first-order valence-corrected chi connectivity index (χ1v) is 13.1. The molecule has 0 saturated heterocycles. The van der Waals surface area contributed by atoms with Crippen molar-refractivity contribution in [3.05, 3.63) is 11.6 Å². The van der Waals surface area contributed by atoms with E-state index in [-0.39, 0.29) is 52.5 Å². The molecule has 4 aliphatic rings. The summed E-state index contributed by atoms with van der Waals surface area (Å²) in [6, 6.07) is 0. The maximum absolute atomic E-state index is 13.2. The van der Waals surface area contributed by atoms with Gasteiger partial charge in [-0.2, -0.15) is 0 Å². The first-order valence-electron chi connectivity index (χ1n) is 13.1. The molecule has 0 spiro atoms. The molecule has 32 heavy (non-hydrogen) atoms. The molecule has 0 aromatic carbocycles. The minimum Gasteiger partial charge on any atom is -0.393 e. The lowest BCUT2D eigenvalue weighted by atomic mass is 9.47. The van der Waals surface area contributed by atoms with E-state index in [0.29, 0.717) is 18.3 Å². The lowest BCUT2D eigenvalue weighted by Crippen LogP contribution is -2.52. The third-order valence-electron chi connectivity index (χ3n) is 10.9. The summed E-state index contributed by atoms with van der Waals surface area (Å²) < 4.78 is 0. The highest BCUT2D eigenvalue weighted by atomic mass is 16.3. The van der Waals surface area contributed by atoms with E-state index in [1.807, 2.05) is 19.9 Å². The zero-order valence-electron chi connectivity index (χ0n) is 21.1. The fourth-order valence-electron chi connectivity index (χ4n) is 8.47. The van der Waals surface area contributed by atoms with Gasteiger partial charge in [-0.15, -0.1) is 0 Å². The third-order valence-corrected chi connectivity index (χ3v) is 10.9. The van der Waals surface area contributed by atoms with Crippen LogP contribution in [0.15, 0.2) is 11.6 Å². The van der Waals surface area contributed by atoms with E-state index in [2.05, 4.69) is 27.7 Å². The summed E-state index contributed by atoms with van der Waals surface area (Å²) in [5.74, 6) is 1.70. The summed E-state index contributed by atoms with van der Waals surface area (Å²) >= 11 is 0. The molecule has 0 unspecified atom stereocenters. The number of hydrogen-bond acceptors (Lipinski definition) is 4. The van der Waals surface area contributed by atoms with E-state index in [1.54, 1.807) is 0 Å². The monoisotopic (exact) mass is 446 g/mol. The number of fused-ring (bicyclic) bond motifs is 5. The molecule has 0 heterocycles. The van der Waals surface area contributed by atoms with Crippen molar-refractivity contribution in [1.82, 2.24) is 0 Å². The number of hydrogen-bond donors (Lipinski definition) is 3. The van der Waals surface area contributed by atoms with Crippen LogP contribution in [0.25, 0.3) is 0 Å². The fourth-order valence-corrected chi connectivity index (χ4v) is 8.47. The van der Waals surface area contributed by atoms with Gasteiger partial charge < -0.3 is 15.3 Å². The van der Waals surface area contributed by atoms with Gasteiger partial charge in [0, 0.05) is 5.92 Å². The predicted octanol–water partition coefficient (Wildman–Crippen LogP) is 4.90. The molecule has 4 nitrogen and oxygen atoms in total. The molecule has 10 atom stereocenters. The number of aliphatic hydroxyl groups excluding tert-OH is 2. The molecule has 3 saturated carbocycles. The molecule has 4 heteroatoms. The summed E-state index contributed by atoms with van der Waals surface area (Å²) in [7, 11) is 0. The quantitative estimate of drug-likeness (QED) is 0.561. The van der Waals surface area contributed by atoms with Crippen LogP contribution in [-0.2, 0) is 4.79 Å². The van der Waals surface area contributed by atoms with Crippen LogP contribution < -0.4 is 0 Å². The summed E-state index contributed by atoms with van der Waals surface area (Å²) in [5, 5.41) is 31.8. The average Bonchev–Trinajstić information content (AvgIpc) is 2.97. The summed E-state index contributed by atoms with van der Waals surface area (Å²) in [6.07, 6.45) is 8.54. The molecule has 0 radical (unpaired) electrons. The highest BCUT2D eigenvalue weighted by Crippen LogP contribution is 2.66. The third kappa shape index (κ3) is 3.82. The normalized spacial score (nSPS) is 46.0. The van der Waals surface area contributed by atoms with Crippen molar-refractivity contribution in [1.29, 1.82) is 0 Å². The zero-order chi connectivity index (χ0) is 23.6. The van der Waals surface area contributed by atoms with Gasteiger partial charge in [-0.05, 0) is 112 Å². The van der Waals surface area contributed by atoms with E-state index in [0.717, 1.165) is 44.9 Å². The van der Waals surface area contributed by atoms with Crippen LogP contribution in [-0.4, -0.2) is 38.9 Å². The Hall–Kier alpha value is -0.710. The first-order chi connectivity index (χ1) is 14.8. The molecule has 0 aliphatic heterocycles. The largest absolute Gasteiger partial charge is 0.393 e. The molecular formula is C28H46O4. The van der Waals surface area contributed by atoms with Gasteiger partial charge in [-0.1, -0.05) is 33.3 Å². The molecule has 4 aliphatic carbocycles. The molecule has 3 fully saturated rings. The van der Waals surface area contributed by atoms with Gasteiger partial charge in [0.1, 0.15) is 0 Å². The topological polar surface area (TPSA) is 77.8 Å². The maximum atomic E-state index is 13.2. The molecule has 0 amide bonds. The van der Waals surface area contributed by atoms with Crippen molar-refractivity contribution in [2.24, 2.45) is 46.3 Å². The van der Waals surface area contributed by atoms with E-state index in [9.17, 15) is 20.1 Å². The Labute approximate surface area is 194 Å². The van der Waals surface area contributed by atoms with Gasteiger partial charge in [-0.25, -0.2) is 0 Å². The van der Waals surface area contributed by atoms with Crippen molar-refractivity contribution < 1.29 is 20.1 Å². The van der Waals surface area contributed by atoms with Gasteiger partial charge in [0.15, 0.2) is 5.78 Å². The maximum Gasteiger partial charge on any atom is 0.159 e.